The molecule has 0 bridgehead atoms. The third kappa shape index (κ3) is 4.98. The highest BCUT2D eigenvalue weighted by Crippen LogP contribution is 2.27. The third-order valence-corrected chi connectivity index (χ3v) is 7.47. The van der Waals surface area contributed by atoms with Crippen molar-refractivity contribution >= 4 is 33.0 Å². The molecule has 1 saturated heterocycles. The van der Waals surface area contributed by atoms with Gasteiger partial charge in [-0.15, -0.1) is 0 Å². The van der Waals surface area contributed by atoms with Gasteiger partial charge in [0.1, 0.15) is 11.6 Å². The molecule has 0 aliphatic carbocycles. The number of likely N-dealkylation sites (tertiary alicyclic amines) is 1. The normalized spacial score (nSPS) is 16.8. The van der Waals surface area contributed by atoms with E-state index in [1.165, 1.54) is 23.2 Å². The molecular formula is C22H27N5O6S. The molecule has 1 fully saturated rings. The Labute approximate surface area is 196 Å². The average molecular weight is 490 g/mol. The summed E-state index contributed by atoms with van der Waals surface area (Å²) in [5.41, 5.74) is 1.09. The minimum atomic E-state index is -3.94. The van der Waals surface area contributed by atoms with Crippen molar-refractivity contribution in [2.45, 2.75) is 49.8 Å². The number of carbonyl (C=O) groups is 1. The Morgan fingerprint density at radius 3 is 2.62 bits per heavy atom. The Morgan fingerprint density at radius 1 is 1.21 bits per heavy atom. The number of nitrogens with one attached hydrogen (secondary N) is 1. The zero-order chi connectivity index (χ0) is 24.5. The first-order valence-corrected chi connectivity index (χ1v) is 12.4. The maximum Gasteiger partial charge on any atom is 0.407 e. The lowest BCUT2D eigenvalue weighted by molar-refractivity contribution is -0.0450. The van der Waals surface area contributed by atoms with E-state index in [0.29, 0.717) is 24.2 Å². The summed E-state index contributed by atoms with van der Waals surface area (Å²) in [6.07, 6.45) is 0.367. The number of aliphatic hydroxyl groups is 2. The van der Waals surface area contributed by atoms with Gasteiger partial charge < -0.3 is 25.5 Å². The summed E-state index contributed by atoms with van der Waals surface area (Å²) in [4.78, 5) is 21.8. The van der Waals surface area contributed by atoms with Crippen molar-refractivity contribution in [1.82, 2.24) is 18.8 Å². The summed E-state index contributed by atoms with van der Waals surface area (Å²) in [5.74, 6) is 0.621. The van der Waals surface area contributed by atoms with Crippen LogP contribution in [0.5, 0.6) is 0 Å². The van der Waals surface area contributed by atoms with Crippen LogP contribution in [0.2, 0.25) is 0 Å². The summed E-state index contributed by atoms with van der Waals surface area (Å²) >= 11 is 0. The van der Waals surface area contributed by atoms with E-state index < -0.39 is 22.4 Å². The lowest BCUT2D eigenvalue weighted by Crippen LogP contribution is -2.44. The van der Waals surface area contributed by atoms with Crippen LogP contribution < -0.4 is 5.32 Å². The molecule has 1 atom stereocenters. The number of aromatic nitrogens is 3. The van der Waals surface area contributed by atoms with Gasteiger partial charge in [0.05, 0.1) is 10.3 Å². The lowest BCUT2D eigenvalue weighted by atomic mass is 10.1. The molecule has 4 rings (SSSR count). The van der Waals surface area contributed by atoms with E-state index in [-0.39, 0.29) is 41.8 Å². The number of fused-ring (bicyclic) bond motifs is 1. The van der Waals surface area contributed by atoms with Gasteiger partial charge in [0.2, 0.25) is 0 Å². The van der Waals surface area contributed by atoms with Gasteiger partial charge in [-0.25, -0.2) is 27.2 Å². The van der Waals surface area contributed by atoms with Crippen LogP contribution in [-0.4, -0.2) is 74.1 Å². The first-order chi connectivity index (χ1) is 16.1. The van der Waals surface area contributed by atoms with Crippen molar-refractivity contribution in [1.29, 1.82) is 0 Å². The highest BCUT2D eigenvalue weighted by molar-refractivity contribution is 7.90. The SMILES string of the molecule is Cc1ccc(S(=O)(=O)n2ccc3c(NC4CCCN(C(=O)O)C4)nc(CCC(O)O)nc32)cc1. The number of anilines is 1. The Hall–Kier alpha value is -3.22. The van der Waals surface area contributed by atoms with Crippen LogP contribution in [0.1, 0.15) is 30.7 Å². The van der Waals surface area contributed by atoms with E-state index >= 15 is 0 Å². The standard InChI is InChI=1S/C22H27N5O6S/c1-14-4-6-16(7-5-14)34(32,33)27-12-10-17-20(23-15-3-2-11-26(13-15)22(30)31)24-18(25-21(17)27)8-9-19(28)29/h4-7,10,12,15,19,28-29H,2-3,8-9,11,13H2,1H3,(H,30,31)(H,23,24,25). The summed E-state index contributed by atoms with van der Waals surface area (Å²) < 4.78 is 27.8. The molecule has 0 spiro atoms. The van der Waals surface area contributed by atoms with Gasteiger partial charge in [-0.1, -0.05) is 17.7 Å². The van der Waals surface area contributed by atoms with Gasteiger partial charge >= 0.3 is 6.09 Å². The Morgan fingerprint density at radius 2 is 1.94 bits per heavy atom. The number of hydrogen-bond acceptors (Lipinski definition) is 8. The molecular weight excluding hydrogens is 462 g/mol. The number of aryl methyl sites for hydroxylation is 2. The topological polar surface area (TPSA) is 158 Å². The average Bonchev–Trinajstić information content (AvgIpc) is 3.23. The maximum atomic E-state index is 13.3. The molecule has 182 valence electrons. The van der Waals surface area contributed by atoms with E-state index in [1.54, 1.807) is 18.2 Å². The van der Waals surface area contributed by atoms with E-state index in [0.717, 1.165) is 16.0 Å². The molecule has 0 radical (unpaired) electrons. The van der Waals surface area contributed by atoms with Crippen molar-refractivity contribution in [3.8, 4) is 0 Å². The van der Waals surface area contributed by atoms with Crippen LogP contribution in [0.25, 0.3) is 11.0 Å². The first kappa shape index (κ1) is 23.9. The number of carboxylic acid groups (broad SMARTS) is 1. The summed E-state index contributed by atoms with van der Waals surface area (Å²) in [6.45, 7) is 2.59. The molecule has 34 heavy (non-hydrogen) atoms. The monoisotopic (exact) mass is 489 g/mol. The van der Waals surface area contributed by atoms with Gasteiger partial charge in [0.15, 0.2) is 11.9 Å². The number of nitrogens with zero attached hydrogens (tertiary/aromatic N) is 4. The molecule has 1 aliphatic heterocycles. The highest BCUT2D eigenvalue weighted by atomic mass is 32.2. The van der Waals surface area contributed by atoms with E-state index in [9.17, 15) is 28.5 Å². The number of aliphatic hydroxyl groups excluding tert-OH is 1. The van der Waals surface area contributed by atoms with Crippen molar-refractivity contribution in [2.75, 3.05) is 18.4 Å². The molecule has 3 heterocycles. The van der Waals surface area contributed by atoms with Crippen LogP contribution in [0.15, 0.2) is 41.4 Å². The molecule has 2 aromatic heterocycles. The molecule has 1 aliphatic rings. The fraction of sp³-hybridized carbons (Fsp3) is 0.409. The van der Waals surface area contributed by atoms with E-state index in [1.807, 2.05) is 6.92 Å². The van der Waals surface area contributed by atoms with Crippen molar-refractivity contribution in [3.63, 3.8) is 0 Å². The predicted octanol–water partition coefficient (Wildman–Crippen LogP) is 1.77. The fourth-order valence-corrected chi connectivity index (χ4v) is 5.29. The summed E-state index contributed by atoms with van der Waals surface area (Å²) in [6, 6.07) is 7.88. The Bertz CT molecular complexity index is 1290. The quantitative estimate of drug-likeness (QED) is 0.363. The van der Waals surface area contributed by atoms with Gasteiger partial charge in [-0.05, 0) is 38.0 Å². The van der Waals surface area contributed by atoms with Crippen LogP contribution in [0, 0.1) is 6.92 Å². The second-order valence-corrected chi connectivity index (χ2v) is 10.2. The second kappa shape index (κ2) is 9.57. The molecule has 1 aromatic carbocycles. The molecule has 4 N–H and O–H groups in total. The van der Waals surface area contributed by atoms with Crippen LogP contribution >= 0.6 is 0 Å². The van der Waals surface area contributed by atoms with E-state index in [4.69, 9.17) is 0 Å². The van der Waals surface area contributed by atoms with E-state index in [2.05, 4.69) is 15.3 Å². The van der Waals surface area contributed by atoms with Gasteiger partial charge in [-0.2, -0.15) is 0 Å². The number of piperidine rings is 1. The molecule has 11 nitrogen and oxygen atoms in total. The zero-order valence-electron chi connectivity index (χ0n) is 18.6. The highest BCUT2D eigenvalue weighted by Gasteiger charge is 2.26. The van der Waals surface area contributed by atoms with Crippen LogP contribution in [0.4, 0.5) is 10.6 Å². The van der Waals surface area contributed by atoms with Crippen molar-refractivity contribution in [2.24, 2.45) is 0 Å². The largest absolute Gasteiger partial charge is 0.465 e. The smallest absolute Gasteiger partial charge is 0.407 e. The number of rotatable bonds is 7. The maximum absolute atomic E-state index is 13.3. The van der Waals surface area contributed by atoms with Gasteiger partial charge in [0.25, 0.3) is 10.0 Å². The number of benzene rings is 1. The lowest BCUT2D eigenvalue weighted by Gasteiger charge is -2.31. The molecule has 12 heteroatoms. The van der Waals surface area contributed by atoms with Crippen molar-refractivity contribution < 1.29 is 28.5 Å². The molecule has 0 saturated carbocycles. The fourth-order valence-electron chi connectivity index (χ4n) is 4.00. The first-order valence-electron chi connectivity index (χ1n) is 11.0. The minimum Gasteiger partial charge on any atom is -0.465 e. The zero-order valence-corrected chi connectivity index (χ0v) is 19.4. The Kier molecular flexibility index (Phi) is 6.73. The Balaban J connectivity index is 1.75. The second-order valence-electron chi connectivity index (χ2n) is 8.39. The molecule has 3 aromatic rings. The third-order valence-electron chi connectivity index (χ3n) is 5.79. The van der Waals surface area contributed by atoms with Crippen LogP contribution in [-0.2, 0) is 16.4 Å². The summed E-state index contributed by atoms with van der Waals surface area (Å²) in [5, 5.41) is 31.6. The minimum absolute atomic E-state index is 0.0212. The molecule has 1 unspecified atom stereocenters. The van der Waals surface area contributed by atoms with Crippen LogP contribution in [0.3, 0.4) is 0 Å². The predicted molar refractivity (Wildman–Crippen MR) is 124 cm³/mol. The van der Waals surface area contributed by atoms with Gasteiger partial charge in [-0.3, -0.25) is 0 Å². The number of amides is 1. The number of hydrogen-bond donors (Lipinski definition) is 4. The molecule has 1 amide bonds. The van der Waals surface area contributed by atoms with Gasteiger partial charge in [0, 0.05) is 38.2 Å². The van der Waals surface area contributed by atoms with Crippen molar-refractivity contribution in [3.05, 3.63) is 47.9 Å². The summed E-state index contributed by atoms with van der Waals surface area (Å²) in [7, 11) is -3.94.